The summed E-state index contributed by atoms with van der Waals surface area (Å²) in [7, 11) is 3.06. The van der Waals surface area contributed by atoms with Gasteiger partial charge >= 0.3 is 6.09 Å². The Morgan fingerprint density at radius 2 is 1.85 bits per heavy atom. The number of rotatable bonds is 8. The third-order valence-electron chi connectivity index (χ3n) is 3.39. The molecule has 0 aliphatic rings. The van der Waals surface area contributed by atoms with E-state index in [1.807, 2.05) is 0 Å². The van der Waals surface area contributed by atoms with Crippen molar-refractivity contribution in [2.45, 2.75) is 39.0 Å². The number of nitrogens with one attached hydrogen (secondary N) is 2. The molecule has 0 aliphatic carbocycles. The summed E-state index contributed by atoms with van der Waals surface area (Å²) in [6, 6.07) is 5.15. The van der Waals surface area contributed by atoms with Crippen LogP contribution in [0.15, 0.2) is 18.2 Å². The monoisotopic (exact) mass is 362 g/mol. The number of methoxy groups -OCH3 is 2. The minimum atomic E-state index is -0.726. The van der Waals surface area contributed by atoms with Crippen molar-refractivity contribution in [3.8, 4) is 23.3 Å². The molecule has 0 bridgehead atoms. The molecule has 1 aromatic carbocycles. The summed E-state index contributed by atoms with van der Waals surface area (Å²) >= 11 is 0. The van der Waals surface area contributed by atoms with E-state index in [1.54, 1.807) is 25.3 Å². The van der Waals surface area contributed by atoms with Crippen LogP contribution in [0.3, 0.4) is 0 Å². The summed E-state index contributed by atoms with van der Waals surface area (Å²) in [5, 5.41) is 0. The minimum absolute atomic E-state index is 0.0380. The zero-order valence-corrected chi connectivity index (χ0v) is 15.5. The fourth-order valence-corrected chi connectivity index (χ4v) is 2.01. The lowest BCUT2D eigenvalue weighted by molar-refractivity contribution is -0.121. The lowest BCUT2D eigenvalue weighted by Gasteiger charge is -2.11. The molecule has 0 atom stereocenters. The van der Waals surface area contributed by atoms with Gasteiger partial charge in [0.2, 0.25) is 5.91 Å². The van der Waals surface area contributed by atoms with Crippen LogP contribution in [0.4, 0.5) is 4.79 Å². The van der Waals surface area contributed by atoms with Crippen molar-refractivity contribution in [1.82, 2.24) is 10.9 Å². The van der Waals surface area contributed by atoms with E-state index in [1.165, 1.54) is 7.11 Å². The van der Waals surface area contributed by atoms with Gasteiger partial charge in [-0.2, -0.15) is 0 Å². The molecule has 0 aliphatic heterocycles. The van der Waals surface area contributed by atoms with Gasteiger partial charge in [-0.1, -0.05) is 25.3 Å². The molecule has 0 radical (unpaired) electrons. The molecule has 1 rings (SSSR count). The van der Waals surface area contributed by atoms with Gasteiger partial charge in [-0.3, -0.25) is 10.2 Å². The number of amides is 2. The lowest BCUT2D eigenvalue weighted by atomic mass is 10.1. The number of benzene rings is 1. The van der Waals surface area contributed by atoms with E-state index in [2.05, 4.69) is 29.6 Å². The predicted molar refractivity (Wildman–Crippen MR) is 97.8 cm³/mol. The Labute approximate surface area is 154 Å². The molecule has 7 nitrogen and oxygen atoms in total. The standard InChI is InChI=1S/C19H26N2O5/c1-4-5-6-7-8-9-12-26-19(23)21-20-18(22)13-15-10-11-16(24-2)14-17(15)25-3/h10-11,14H,4-6,9,12-13H2,1-3H3,(H,20,22)(H,21,23). The number of carbonyl (C=O) groups is 2. The summed E-state index contributed by atoms with van der Waals surface area (Å²) in [6.45, 7) is 2.28. The molecule has 2 amide bonds. The molecule has 0 fully saturated rings. The first kappa shape index (κ1) is 21.2. The molecule has 0 saturated heterocycles. The van der Waals surface area contributed by atoms with Gasteiger partial charge in [0.05, 0.1) is 20.6 Å². The number of carbonyl (C=O) groups excluding carboxylic acids is 2. The van der Waals surface area contributed by atoms with Gasteiger partial charge in [0.25, 0.3) is 0 Å². The van der Waals surface area contributed by atoms with Gasteiger partial charge in [-0.25, -0.2) is 10.2 Å². The summed E-state index contributed by atoms with van der Waals surface area (Å²) in [5.74, 6) is 6.70. The second-order valence-corrected chi connectivity index (χ2v) is 5.37. The van der Waals surface area contributed by atoms with Crippen LogP contribution in [-0.4, -0.2) is 32.8 Å². The zero-order valence-electron chi connectivity index (χ0n) is 15.5. The van der Waals surface area contributed by atoms with Crippen molar-refractivity contribution in [1.29, 1.82) is 0 Å². The van der Waals surface area contributed by atoms with Crippen LogP contribution in [0.5, 0.6) is 11.5 Å². The highest BCUT2D eigenvalue weighted by Crippen LogP contribution is 2.24. The largest absolute Gasteiger partial charge is 0.497 e. The molecule has 7 heteroatoms. The summed E-state index contributed by atoms with van der Waals surface area (Å²) in [4.78, 5) is 23.4. The second-order valence-electron chi connectivity index (χ2n) is 5.37. The van der Waals surface area contributed by atoms with Gasteiger partial charge < -0.3 is 14.2 Å². The summed E-state index contributed by atoms with van der Waals surface area (Å²) in [5.41, 5.74) is 5.16. The smallest absolute Gasteiger partial charge is 0.426 e. The predicted octanol–water partition coefficient (Wildman–Crippen LogP) is 2.59. The molecule has 0 unspecified atom stereocenters. The van der Waals surface area contributed by atoms with Gasteiger partial charge in [0.1, 0.15) is 18.1 Å². The van der Waals surface area contributed by atoms with E-state index in [9.17, 15) is 9.59 Å². The van der Waals surface area contributed by atoms with Gasteiger partial charge in [-0.15, -0.1) is 5.92 Å². The van der Waals surface area contributed by atoms with Crippen molar-refractivity contribution in [2.75, 3.05) is 20.8 Å². The maximum absolute atomic E-state index is 11.9. The topological polar surface area (TPSA) is 85.9 Å². The number of hydrazine groups is 1. The number of unbranched alkanes of at least 4 members (excludes halogenated alkanes) is 2. The SMILES string of the molecule is CCCCC#CCCOC(=O)NNC(=O)Cc1ccc(OC)cc1OC. The highest BCUT2D eigenvalue weighted by Gasteiger charge is 2.11. The molecule has 0 spiro atoms. The highest BCUT2D eigenvalue weighted by atomic mass is 16.6. The van der Waals surface area contributed by atoms with Crippen molar-refractivity contribution >= 4 is 12.0 Å². The Bertz CT molecular complexity index is 649. The minimum Gasteiger partial charge on any atom is -0.497 e. The number of hydrogen-bond acceptors (Lipinski definition) is 5. The van der Waals surface area contributed by atoms with Gasteiger partial charge in [0.15, 0.2) is 0 Å². The zero-order chi connectivity index (χ0) is 19.2. The third-order valence-corrected chi connectivity index (χ3v) is 3.39. The quantitative estimate of drug-likeness (QED) is 0.422. The fourth-order valence-electron chi connectivity index (χ4n) is 2.01. The molecule has 0 saturated carbocycles. The lowest BCUT2D eigenvalue weighted by Crippen LogP contribution is -2.42. The highest BCUT2D eigenvalue weighted by molar-refractivity contribution is 5.81. The van der Waals surface area contributed by atoms with Crippen LogP contribution in [0.2, 0.25) is 0 Å². The molecule has 142 valence electrons. The third kappa shape index (κ3) is 8.29. The Morgan fingerprint density at radius 3 is 2.54 bits per heavy atom. The first-order valence-electron chi connectivity index (χ1n) is 8.49. The second kappa shape index (κ2) is 12.5. The summed E-state index contributed by atoms with van der Waals surface area (Å²) < 4.78 is 15.3. The molecular weight excluding hydrogens is 336 g/mol. The Morgan fingerprint density at radius 1 is 1.08 bits per heavy atom. The van der Waals surface area contributed by atoms with Crippen molar-refractivity contribution in [3.05, 3.63) is 23.8 Å². The maximum Gasteiger partial charge on any atom is 0.426 e. The maximum atomic E-state index is 11.9. The van der Waals surface area contributed by atoms with E-state index in [0.29, 0.717) is 23.5 Å². The molecule has 0 heterocycles. The van der Waals surface area contributed by atoms with Crippen LogP contribution >= 0.6 is 0 Å². The van der Waals surface area contributed by atoms with Gasteiger partial charge in [-0.05, 0) is 12.5 Å². The molecule has 1 aromatic rings. The van der Waals surface area contributed by atoms with Gasteiger partial charge in [0, 0.05) is 24.5 Å². The van der Waals surface area contributed by atoms with E-state index in [-0.39, 0.29) is 13.0 Å². The first-order chi connectivity index (χ1) is 12.6. The Balaban J connectivity index is 2.31. The number of hydrogen-bond donors (Lipinski definition) is 2. The summed E-state index contributed by atoms with van der Waals surface area (Å²) in [6.07, 6.45) is 2.81. The van der Waals surface area contributed by atoms with Crippen molar-refractivity contribution in [2.24, 2.45) is 0 Å². The Hall–Kier alpha value is -2.88. The average Bonchev–Trinajstić information content (AvgIpc) is 2.66. The Kier molecular flexibility index (Phi) is 10.2. The van der Waals surface area contributed by atoms with Crippen LogP contribution < -0.4 is 20.3 Å². The normalized spacial score (nSPS) is 9.50. The van der Waals surface area contributed by atoms with Crippen LogP contribution in [-0.2, 0) is 16.0 Å². The molecule has 0 aromatic heterocycles. The van der Waals surface area contributed by atoms with Crippen molar-refractivity contribution in [3.63, 3.8) is 0 Å². The molecule has 2 N–H and O–H groups in total. The first-order valence-corrected chi connectivity index (χ1v) is 8.49. The van der Waals surface area contributed by atoms with Crippen LogP contribution in [0, 0.1) is 11.8 Å². The number of ether oxygens (including phenoxy) is 3. The van der Waals surface area contributed by atoms with E-state index in [0.717, 1.165) is 19.3 Å². The van der Waals surface area contributed by atoms with Crippen LogP contribution in [0.1, 0.15) is 38.2 Å². The van der Waals surface area contributed by atoms with E-state index >= 15 is 0 Å². The molecule has 26 heavy (non-hydrogen) atoms. The van der Waals surface area contributed by atoms with Crippen molar-refractivity contribution < 1.29 is 23.8 Å². The van der Waals surface area contributed by atoms with E-state index in [4.69, 9.17) is 14.2 Å². The molecular formula is C19H26N2O5. The van der Waals surface area contributed by atoms with E-state index < -0.39 is 12.0 Å². The fraction of sp³-hybridized carbons (Fsp3) is 0.474. The van der Waals surface area contributed by atoms with Crippen LogP contribution in [0.25, 0.3) is 0 Å². The average molecular weight is 362 g/mol.